The predicted molar refractivity (Wildman–Crippen MR) is 36.9 cm³/mol. The van der Waals surface area contributed by atoms with Gasteiger partial charge < -0.3 is 4.79 Å². The maximum Gasteiger partial charge on any atom is 0.129 e. The molecule has 8 heavy (non-hydrogen) atoms. The van der Waals surface area contributed by atoms with Crippen molar-refractivity contribution in [3.63, 3.8) is 0 Å². The van der Waals surface area contributed by atoms with E-state index in [0.717, 1.165) is 0 Å². The van der Waals surface area contributed by atoms with E-state index in [-0.39, 0.29) is 5.78 Å². The second kappa shape index (κ2) is 9.83. The van der Waals surface area contributed by atoms with E-state index in [4.69, 9.17) is 1.37 Å². The maximum atomic E-state index is 9.96. The van der Waals surface area contributed by atoms with Crippen molar-refractivity contribution in [2.24, 2.45) is 0 Å². The quantitative estimate of drug-likeness (QED) is 0.515. The van der Waals surface area contributed by atoms with Crippen molar-refractivity contribution in [2.45, 2.75) is 40.5 Å². The van der Waals surface area contributed by atoms with E-state index < -0.39 is 6.40 Å². The lowest BCUT2D eigenvalue weighted by atomic mass is 10.4. The van der Waals surface area contributed by atoms with E-state index in [0.29, 0.717) is 0 Å². The first-order valence-electron chi connectivity index (χ1n) is 3.56. The van der Waals surface area contributed by atoms with Crippen LogP contribution in [0.4, 0.5) is 0 Å². The first-order valence-corrected chi connectivity index (χ1v) is 2.98. The number of ketones is 1. The molecular weight excluding hydrogens is 100 g/mol. The largest absolute Gasteiger partial charge is 0.300 e. The van der Waals surface area contributed by atoms with Gasteiger partial charge in [-0.15, -0.1) is 0 Å². The van der Waals surface area contributed by atoms with Crippen LogP contribution in [0.2, 0.25) is 0 Å². The van der Waals surface area contributed by atoms with Gasteiger partial charge in [0.05, 0.1) is 0 Å². The van der Waals surface area contributed by atoms with Crippen LogP contribution in [0.3, 0.4) is 0 Å². The Bertz CT molecular complexity index is 69.3. The van der Waals surface area contributed by atoms with Gasteiger partial charge in [0.2, 0.25) is 0 Å². The number of rotatable bonds is 1. The fraction of sp³-hybridized carbons (Fsp3) is 0.857. The molecule has 50 valence electrons. The number of carbonyl (C=O) groups excluding carboxylic acids is 1. The molecule has 0 rings (SSSR count). The summed E-state index contributed by atoms with van der Waals surface area (Å²) in [6.07, 6.45) is 0.713. The summed E-state index contributed by atoms with van der Waals surface area (Å²) in [5.74, 6) is -0.0741. The first-order chi connectivity index (χ1) is 4.06. The van der Waals surface area contributed by atoms with Gasteiger partial charge in [0, 0.05) is 7.77 Å². The highest BCUT2D eigenvalue weighted by atomic mass is 16.1. The molecule has 1 atom stereocenters. The van der Waals surface area contributed by atoms with E-state index in [9.17, 15) is 4.79 Å². The highest BCUT2D eigenvalue weighted by Gasteiger charge is 1.76. The lowest BCUT2D eigenvalue weighted by Gasteiger charge is -1.71. The highest BCUT2D eigenvalue weighted by Crippen LogP contribution is 1.71. The van der Waals surface area contributed by atoms with Crippen molar-refractivity contribution in [3.8, 4) is 0 Å². The van der Waals surface area contributed by atoms with Crippen LogP contribution < -0.4 is 0 Å². The molecule has 0 aliphatic heterocycles. The SMILES string of the molecule is CCC.[2H]C(C)C(C)=O. The second-order valence-electron chi connectivity index (χ2n) is 1.61. The van der Waals surface area contributed by atoms with Crippen LogP contribution in [0.25, 0.3) is 0 Å². The molecule has 1 unspecified atom stereocenters. The lowest BCUT2D eigenvalue weighted by molar-refractivity contribution is -0.116. The Balaban J connectivity index is 0. The molecule has 0 bridgehead atoms. The Morgan fingerprint density at radius 2 is 1.62 bits per heavy atom. The number of hydrogen-bond donors (Lipinski definition) is 0. The van der Waals surface area contributed by atoms with Crippen LogP contribution in [0.15, 0.2) is 0 Å². The number of Topliss-reactive ketones (excluding diaryl/α,β-unsaturated/α-hetero) is 1. The average Bonchev–Trinajstić information content (AvgIpc) is 1.68. The van der Waals surface area contributed by atoms with Gasteiger partial charge in [-0.3, -0.25) is 0 Å². The zero-order chi connectivity index (χ0) is 7.86. The van der Waals surface area contributed by atoms with Gasteiger partial charge in [-0.2, -0.15) is 0 Å². The topological polar surface area (TPSA) is 17.1 Å². The molecule has 0 fully saturated rings. The molecule has 0 aromatic rings. The molecule has 0 saturated carbocycles. The second-order valence-corrected chi connectivity index (χ2v) is 1.61. The standard InChI is InChI=1S/C4H8O.C3H8/c1-3-4(2)5;1-3-2/h3H2,1-2H3;3H2,1-2H3/i3D;. The van der Waals surface area contributed by atoms with Crippen LogP contribution >= 0.6 is 0 Å². The molecule has 0 amide bonds. The Hall–Kier alpha value is -0.330. The highest BCUT2D eigenvalue weighted by molar-refractivity contribution is 5.74. The van der Waals surface area contributed by atoms with Crippen molar-refractivity contribution in [3.05, 3.63) is 0 Å². The summed E-state index contributed by atoms with van der Waals surface area (Å²) in [7, 11) is 0. The van der Waals surface area contributed by atoms with E-state index in [1.807, 2.05) is 0 Å². The molecule has 0 spiro atoms. The van der Waals surface area contributed by atoms with Gasteiger partial charge in [0.25, 0.3) is 0 Å². The summed E-state index contributed by atoms with van der Waals surface area (Å²) >= 11 is 0. The van der Waals surface area contributed by atoms with E-state index >= 15 is 0 Å². The van der Waals surface area contributed by atoms with Crippen LogP contribution in [0, 0.1) is 0 Å². The molecule has 1 nitrogen and oxygen atoms in total. The van der Waals surface area contributed by atoms with Crippen LogP contribution in [-0.4, -0.2) is 5.78 Å². The van der Waals surface area contributed by atoms with Crippen molar-refractivity contribution in [1.82, 2.24) is 0 Å². The third kappa shape index (κ3) is 44.3. The third-order valence-electron chi connectivity index (χ3n) is 0.407. The maximum absolute atomic E-state index is 9.96. The number of hydrogen-bond acceptors (Lipinski definition) is 1. The van der Waals surface area contributed by atoms with E-state index in [2.05, 4.69) is 13.8 Å². The van der Waals surface area contributed by atoms with Crippen LogP contribution in [0.1, 0.15) is 41.9 Å². The van der Waals surface area contributed by atoms with Gasteiger partial charge in [-0.05, 0) is 6.92 Å². The van der Waals surface area contributed by atoms with Gasteiger partial charge >= 0.3 is 0 Å². The van der Waals surface area contributed by atoms with Crippen molar-refractivity contribution in [1.29, 1.82) is 0 Å². The summed E-state index contributed by atoms with van der Waals surface area (Å²) in [6.45, 7) is 7.22. The zero-order valence-electron chi connectivity index (χ0n) is 7.19. The summed E-state index contributed by atoms with van der Waals surface area (Å²) < 4.78 is 6.68. The number of carbonyl (C=O) groups is 1. The van der Waals surface area contributed by atoms with Crippen LogP contribution in [0.5, 0.6) is 0 Å². The molecule has 1 heteroatoms. The molecule has 0 aliphatic rings. The third-order valence-corrected chi connectivity index (χ3v) is 0.407. The fourth-order valence-electron chi connectivity index (χ4n) is 0. The minimum Gasteiger partial charge on any atom is -0.300 e. The normalized spacial score (nSPS) is 12.8. The molecule has 0 heterocycles. The van der Waals surface area contributed by atoms with Crippen molar-refractivity contribution < 1.29 is 6.17 Å². The minimum atomic E-state index is -0.537. The summed E-state index contributed by atoms with van der Waals surface area (Å²) in [5.41, 5.74) is 0. The molecule has 0 aliphatic carbocycles. The fourth-order valence-corrected chi connectivity index (χ4v) is 0. The molecule has 0 aromatic carbocycles. The minimum absolute atomic E-state index is 0.0741. The smallest absolute Gasteiger partial charge is 0.129 e. The van der Waals surface area contributed by atoms with E-state index in [1.165, 1.54) is 13.3 Å². The summed E-state index contributed by atoms with van der Waals surface area (Å²) in [6, 6.07) is 0. The van der Waals surface area contributed by atoms with Crippen molar-refractivity contribution in [2.75, 3.05) is 0 Å². The molecule has 0 aromatic heterocycles. The van der Waals surface area contributed by atoms with Crippen LogP contribution in [-0.2, 0) is 4.79 Å². The summed E-state index contributed by atoms with van der Waals surface area (Å²) in [5, 5.41) is 0. The lowest BCUT2D eigenvalue weighted by Crippen LogP contribution is -1.80. The van der Waals surface area contributed by atoms with Crippen molar-refractivity contribution >= 4 is 5.78 Å². The zero-order valence-corrected chi connectivity index (χ0v) is 6.19. The Labute approximate surface area is 53.5 Å². The van der Waals surface area contributed by atoms with E-state index in [1.54, 1.807) is 6.92 Å². The Morgan fingerprint density at radius 1 is 1.50 bits per heavy atom. The monoisotopic (exact) mass is 117 g/mol. The Kier molecular flexibility index (Phi) is 9.43. The van der Waals surface area contributed by atoms with Gasteiger partial charge in [0.15, 0.2) is 0 Å². The molecular formula is C7H16O. The van der Waals surface area contributed by atoms with Gasteiger partial charge in [-0.25, -0.2) is 0 Å². The predicted octanol–water partition coefficient (Wildman–Crippen LogP) is 2.40. The van der Waals surface area contributed by atoms with Gasteiger partial charge in [0.1, 0.15) is 5.78 Å². The summed E-state index contributed by atoms with van der Waals surface area (Å²) in [4.78, 5) is 9.96. The van der Waals surface area contributed by atoms with Gasteiger partial charge in [-0.1, -0.05) is 27.2 Å². The molecule has 0 N–H and O–H groups in total. The first kappa shape index (κ1) is 7.67. The Morgan fingerprint density at radius 3 is 1.62 bits per heavy atom. The average molecular weight is 117 g/mol. The molecule has 0 radical (unpaired) electrons. The molecule has 0 saturated heterocycles.